The summed E-state index contributed by atoms with van der Waals surface area (Å²) >= 11 is 2.08. The van der Waals surface area contributed by atoms with Crippen molar-refractivity contribution in [2.24, 2.45) is 5.92 Å². The van der Waals surface area contributed by atoms with Crippen LogP contribution in [0.1, 0.15) is 92.4 Å². The van der Waals surface area contributed by atoms with Crippen LogP contribution in [0.25, 0.3) is 0 Å². The summed E-state index contributed by atoms with van der Waals surface area (Å²) in [5.41, 5.74) is 1.35. The van der Waals surface area contributed by atoms with Gasteiger partial charge in [0.25, 0.3) is 0 Å². The fourth-order valence-corrected chi connectivity index (χ4v) is 7.72. The van der Waals surface area contributed by atoms with E-state index in [1.165, 1.54) is 43.2 Å². The maximum Gasteiger partial charge on any atom is 0.306 e. The molecule has 0 spiro atoms. The summed E-state index contributed by atoms with van der Waals surface area (Å²) in [4.78, 5) is 26.4. The first-order valence-electron chi connectivity index (χ1n) is 13.3. The molecule has 0 radical (unpaired) electrons. The molecular formula is C27H45N2O3S+. The summed E-state index contributed by atoms with van der Waals surface area (Å²) in [6.45, 7) is 13.6. The van der Waals surface area contributed by atoms with Gasteiger partial charge in [-0.1, -0.05) is 26.3 Å². The number of nitrogens with zero attached hydrogens (tertiary/aromatic N) is 2. The highest BCUT2D eigenvalue weighted by molar-refractivity contribution is 8.15. The van der Waals surface area contributed by atoms with Crippen LogP contribution in [0.5, 0.6) is 0 Å². The topological polar surface area (TPSA) is 49.6 Å². The molecule has 0 aromatic carbocycles. The third-order valence-electron chi connectivity index (χ3n) is 7.84. The van der Waals surface area contributed by atoms with Crippen molar-refractivity contribution >= 4 is 28.6 Å². The molecule has 0 N–H and O–H groups in total. The Bertz CT molecular complexity index is 758. The van der Waals surface area contributed by atoms with Crippen molar-refractivity contribution in [3.8, 4) is 0 Å². The summed E-state index contributed by atoms with van der Waals surface area (Å²) in [5.74, 6) is 0.0581. The highest BCUT2D eigenvalue weighted by atomic mass is 32.2. The Hall–Kier alpha value is -1.14. The summed E-state index contributed by atoms with van der Waals surface area (Å²) in [5, 5.41) is 2.18. The number of hydrogen-bond donors (Lipinski definition) is 0. The summed E-state index contributed by atoms with van der Waals surface area (Å²) in [6.07, 6.45) is 11.2. The average Bonchev–Trinajstić information content (AvgIpc) is 3.19. The van der Waals surface area contributed by atoms with Crippen LogP contribution in [-0.2, 0) is 14.3 Å². The van der Waals surface area contributed by atoms with Crippen LogP contribution >= 0.6 is 11.8 Å². The van der Waals surface area contributed by atoms with Crippen LogP contribution in [0.4, 0.5) is 0 Å². The maximum absolute atomic E-state index is 12.6. The summed E-state index contributed by atoms with van der Waals surface area (Å²) < 4.78 is 8.68. The van der Waals surface area contributed by atoms with Crippen LogP contribution < -0.4 is 0 Å². The molecule has 5 nitrogen and oxygen atoms in total. The molecule has 5 unspecified atom stereocenters. The Morgan fingerprint density at radius 3 is 2.45 bits per heavy atom. The fraction of sp³-hybridized carbons (Fsp3) is 0.815. The molecule has 0 aromatic rings. The van der Waals surface area contributed by atoms with E-state index in [2.05, 4.69) is 55.0 Å². The SMILES string of the molecule is CCN(CC)C1CCC(/C=C(\C)C2=[N+](CC)C3CCCCC3S2)C(OC(=O)CCC(C)=O)C1. The number of rotatable bonds is 10. The minimum absolute atomic E-state index is 0.0414. The molecule has 33 heavy (non-hydrogen) atoms. The molecular weight excluding hydrogens is 432 g/mol. The zero-order chi connectivity index (χ0) is 24.0. The highest BCUT2D eigenvalue weighted by Gasteiger charge is 2.44. The standard InChI is InChI=1S/C27H45N2O3S/c1-6-28(7-2)22-15-14-21(24(18-22)32-26(31)16-13-20(5)30)17-19(4)27-29(8-3)23-11-9-10-12-25(23)33-27/h17,21-25H,6-16,18H2,1-5H3/q+1/b19-17+. The van der Waals surface area contributed by atoms with Gasteiger partial charge in [-0.2, -0.15) is 0 Å². The van der Waals surface area contributed by atoms with E-state index >= 15 is 0 Å². The lowest BCUT2D eigenvalue weighted by Gasteiger charge is -2.39. The quantitative estimate of drug-likeness (QED) is 0.319. The number of esters is 1. The Balaban J connectivity index is 1.78. The Morgan fingerprint density at radius 1 is 1.06 bits per heavy atom. The smallest absolute Gasteiger partial charge is 0.306 e. The van der Waals surface area contributed by atoms with E-state index < -0.39 is 0 Å². The van der Waals surface area contributed by atoms with Gasteiger partial charge in [0.05, 0.1) is 11.7 Å². The third kappa shape index (κ3) is 6.72. The molecule has 3 aliphatic rings. The molecule has 3 rings (SSSR count). The Morgan fingerprint density at radius 2 is 1.79 bits per heavy atom. The normalized spacial score (nSPS) is 30.5. The molecule has 1 aliphatic heterocycles. The number of hydrogen-bond acceptors (Lipinski definition) is 5. The van der Waals surface area contributed by atoms with E-state index in [4.69, 9.17) is 4.74 Å². The van der Waals surface area contributed by atoms with Crippen molar-refractivity contribution in [3.05, 3.63) is 11.6 Å². The second-order valence-electron chi connectivity index (χ2n) is 10.0. The van der Waals surface area contributed by atoms with Crippen LogP contribution in [0, 0.1) is 5.92 Å². The molecule has 0 bridgehead atoms. The molecule has 5 atom stereocenters. The van der Waals surface area contributed by atoms with Gasteiger partial charge in [-0.3, -0.25) is 4.79 Å². The zero-order valence-corrected chi connectivity index (χ0v) is 22.3. The van der Waals surface area contributed by atoms with E-state index in [1.54, 1.807) is 0 Å². The van der Waals surface area contributed by atoms with E-state index in [0.29, 0.717) is 12.1 Å². The van der Waals surface area contributed by atoms with Gasteiger partial charge >= 0.3 is 5.97 Å². The molecule has 2 aliphatic carbocycles. The van der Waals surface area contributed by atoms with E-state index in [0.717, 1.165) is 44.1 Å². The molecule has 1 heterocycles. The first kappa shape index (κ1) is 26.5. The average molecular weight is 478 g/mol. The summed E-state index contributed by atoms with van der Waals surface area (Å²) in [7, 11) is 0. The zero-order valence-electron chi connectivity index (χ0n) is 21.5. The van der Waals surface area contributed by atoms with E-state index in [9.17, 15) is 9.59 Å². The first-order chi connectivity index (χ1) is 15.9. The highest BCUT2D eigenvalue weighted by Crippen LogP contribution is 2.40. The molecule has 0 amide bonds. The van der Waals surface area contributed by atoms with Gasteiger partial charge in [-0.05, 0) is 71.3 Å². The number of carbonyl (C=O) groups is 2. The maximum atomic E-state index is 12.6. The lowest BCUT2D eigenvalue weighted by atomic mass is 9.81. The third-order valence-corrected chi connectivity index (χ3v) is 9.47. The van der Waals surface area contributed by atoms with Crippen molar-refractivity contribution < 1.29 is 18.9 Å². The molecule has 0 aromatic heterocycles. The predicted octanol–water partition coefficient (Wildman–Crippen LogP) is 5.21. The minimum atomic E-state index is -0.226. The van der Waals surface area contributed by atoms with Gasteiger partial charge in [0.15, 0.2) is 6.04 Å². The van der Waals surface area contributed by atoms with Crippen molar-refractivity contribution in [2.45, 2.75) is 116 Å². The number of Topliss-reactive ketones (excluding diaryl/α,β-unsaturated/α-hetero) is 1. The lowest BCUT2D eigenvalue weighted by molar-refractivity contribution is -0.558. The number of ether oxygens (including phenoxy) is 1. The molecule has 186 valence electrons. The Labute approximate surface area is 205 Å². The van der Waals surface area contributed by atoms with Gasteiger partial charge in [-0.15, -0.1) is 0 Å². The lowest BCUT2D eigenvalue weighted by Crippen LogP contribution is -2.44. The molecule has 0 saturated heterocycles. The number of ketones is 1. The van der Waals surface area contributed by atoms with Crippen molar-refractivity contribution in [2.75, 3.05) is 19.6 Å². The van der Waals surface area contributed by atoms with Crippen molar-refractivity contribution in [1.82, 2.24) is 4.90 Å². The van der Waals surface area contributed by atoms with Crippen LogP contribution in [0.3, 0.4) is 0 Å². The predicted molar refractivity (Wildman–Crippen MR) is 137 cm³/mol. The minimum Gasteiger partial charge on any atom is -0.462 e. The monoisotopic (exact) mass is 477 g/mol. The van der Waals surface area contributed by atoms with Gasteiger partial charge in [0.2, 0.25) is 5.04 Å². The van der Waals surface area contributed by atoms with Crippen molar-refractivity contribution in [1.29, 1.82) is 0 Å². The summed E-state index contributed by atoms with van der Waals surface area (Å²) in [6, 6.07) is 1.14. The van der Waals surface area contributed by atoms with Gasteiger partial charge in [0, 0.05) is 36.8 Å². The molecule has 6 heteroatoms. The number of fused-ring (bicyclic) bond motifs is 1. The fourth-order valence-electron chi connectivity index (χ4n) is 6.06. The number of carbonyl (C=O) groups excluding carboxylic acids is 2. The Kier molecular flexibility index (Phi) is 10.0. The first-order valence-corrected chi connectivity index (χ1v) is 14.2. The van der Waals surface area contributed by atoms with Gasteiger partial charge in [0.1, 0.15) is 18.4 Å². The number of thioether (sulfide) groups is 1. The van der Waals surface area contributed by atoms with Crippen molar-refractivity contribution in [3.63, 3.8) is 0 Å². The molecule has 2 fully saturated rings. The van der Waals surface area contributed by atoms with Gasteiger partial charge in [-0.25, -0.2) is 4.58 Å². The second kappa shape index (κ2) is 12.5. The van der Waals surface area contributed by atoms with Crippen LogP contribution in [-0.4, -0.2) is 69.3 Å². The molecule has 2 saturated carbocycles. The van der Waals surface area contributed by atoms with Gasteiger partial charge < -0.3 is 14.4 Å². The van der Waals surface area contributed by atoms with Crippen LogP contribution in [0.15, 0.2) is 11.6 Å². The van der Waals surface area contributed by atoms with E-state index in [-0.39, 0.29) is 36.6 Å². The largest absolute Gasteiger partial charge is 0.462 e. The van der Waals surface area contributed by atoms with Crippen LogP contribution in [0.2, 0.25) is 0 Å². The van der Waals surface area contributed by atoms with E-state index in [1.807, 2.05) is 0 Å². The second-order valence-corrected chi connectivity index (χ2v) is 11.3.